The Morgan fingerprint density at radius 1 is 1.19 bits per heavy atom. The van der Waals surface area contributed by atoms with E-state index in [0.29, 0.717) is 28.8 Å². The van der Waals surface area contributed by atoms with Crippen LogP contribution in [0.2, 0.25) is 5.02 Å². The number of rotatable bonds is 6. The van der Waals surface area contributed by atoms with Crippen LogP contribution in [0.5, 0.6) is 11.5 Å². The largest absolute Gasteiger partial charge is 0.497 e. The summed E-state index contributed by atoms with van der Waals surface area (Å²) in [5.74, 6) is 0.756. The van der Waals surface area contributed by atoms with Crippen LogP contribution in [-0.4, -0.2) is 35.1 Å². The lowest BCUT2D eigenvalue weighted by molar-refractivity contribution is 0.102. The molecule has 0 unspecified atom stereocenters. The number of anilines is 2. The molecule has 9 heteroatoms. The molecule has 0 aliphatic heterocycles. The van der Waals surface area contributed by atoms with Gasteiger partial charge in [0.1, 0.15) is 11.5 Å². The number of hydrogen-bond acceptors (Lipinski definition) is 6. The van der Waals surface area contributed by atoms with Crippen molar-refractivity contribution < 1.29 is 14.3 Å². The maximum absolute atomic E-state index is 12.5. The van der Waals surface area contributed by atoms with Gasteiger partial charge in [0, 0.05) is 28.9 Å². The second kappa shape index (κ2) is 7.96. The predicted molar refractivity (Wildman–Crippen MR) is 102 cm³/mol. The number of nitrogens with one attached hydrogen (secondary N) is 1. The van der Waals surface area contributed by atoms with Crippen molar-refractivity contribution in [2.75, 3.05) is 25.3 Å². The lowest BCUT2D eigenvalue weighted by Gasteiger charge is -2.09. The van der Waals surface area contributed by atoms with E-state index in [1.54, 1.807) is 30.3 Å². The summed E-state index contributed by atoms with van der Waals surface area (Å²) in [6.07, 6.45) is 0. The zero-order chi connectivity index (χ0) is 19.4. The summed E-state index contributed by atoms with van der Waals surface area (Å²) < 4.78 is 11.8. The van der Waals surface area contributed by atoms with Crippen LogP contribution in [-0.2, 0) is 6.54 Å². The highest BCUT2D eigenvalue weighted by Crippen LogP contribution is 2.26. The molecule has 1 heterocycles. The molecule has 0 radical (unpaired) electrons. The number of amides is 1. The zero-order valence-electron chi connectivity index (χ0n) is 14.8. The van der Waals surface area contributed by atoms with E-state index in [2.05, 4.69) is 15.6 Å². The first-order valence-electron chi connectivity index (χ1n) is 7.98. The summed E-state index contributed by atoms with van der Waals surface area (Å²) in [7, 11) is 3.06. The van der Waals surface area contributed by atoms with Gasteiger partial charge in [0.15, 0.2) is 11.5 Å². The smallest absolute Gasteiger partial charge is 0.280 e. The molecule has 0 saturated carbocycles. The van der Waals surface area contributed by atoms with Crippen molar-refractivity contribution in [3.8, 4) is 11.5 Å². The van der Waals surface area contributed by atoms with Crippen molar-refractivity contribution in [2.45, 2.75) is 6.54 Å². The van der Waals surface area contributed by atoms with Crippen molar-refractivity contribution in [1.29, 1.82) is 0 Å². The molecular weight excluding hydrogens is 370 g/mol. The number of halogens is 1. The topological polar surface area (TPSA) is 104 Å². The average Bonchev–Trinajstić information content (AvgIpc) is 3.02. The summed E-state index contributed by atoms with van der Waals surface area (Å²) in [6, 6.07) is 12.3. The number of nitrogen functional groups attached to an aromatic ring is 1. The van der Waals surface area contributed by atoms with Crippen LogP contribution in [0, 0.1) is 0 Å². The lowest BCUT2D eigenvalue weighted by atomic mass is 10.2. The summed E-state index contributed by atoms with van der Waals surface area (Å²) in [4.78, 5) is 12.5. The number of benzene rings is 2. The zero-order valence-corrected chi connectivity index (χ0v) is 15.5. The van der Waals surface area contributed by atoms with E-state index in [0.717, 1.165) is 5.56 Å². The fourth-order valence-electron chi connectivity index (χ4n) is 2.48. The van der Waals surface area contributed by atoms with Gasteiger partial charge in [0.2, 0.25) is 0 Å². The Hall–Kier alpha value is -3.26. The van der Waals surface area contributed by atoms with Crippen molar-refractivity contribution in [1.82, 2.24) is 15.0 Å². The van der Waals surface area contributed by atoms with E-state index in [-0.39, 0.29) is 11.5 Å². The third-order valence-electron chi connectivity index (χ3n) is 3.82. The average molecular weight is 388 g/mol. The maximum atomic E-state index is 12.5. The molecule has 2 aromatic carbocycles. The van der Waals surface area contributed by atoms with Gasteiger partial charge >= 0.3 is 0 Å². The van der Waals surface area contributed by atoms with E-state index in [9.17, 15) is 4.79 Å². The molecule has 3 N–H and O–H groups in total. The molecule has 0 aliphatic carbocycles. The molecular formula is C18H18ClN5O3. The molecule has 3 aromatic rings. The monoisotopic (exact) mass is 387 g/mol. The van der Waals surface area contributed by atoms with Gasteiger partial charge < -0.3 is 20.5 Å². The molecule has 0 atom stereocenters. The molecule has 8 nitrogen and oxygen atoms in total. The molecule has 3 rings (SSSR count). The van der Waals surface area contributed by atoms with E-state index < -0.39 is 5.91 Å². The van der Waals surface area contributed by atoms with Crippen molar-refractivity contribution in [3.05, 3.63) is 58.7 Å². The minimum Gasteiger partial charge on any atom is -0.497 e. The minimum absolute atomic E-state index is 0.0267. The molecule has 1 amide bonds. The molecule has 0 fully saturated rings. The van der Waals surface area contributed by atoms with Gasteiger partial charge in [-0.3, -0.25) is 4.79 Å². The fourth-order valence-corrected chi connectivity index (χ4v) is 2.69. The van der Waals surface area contributed by atoms with E-state index in [1.165, 1.54) is 18.9 Å². The number of hydrogen-bond donors (Lipinski definition) is 2. The van der Waals surface area contributed by atoms with Crippen molar-refractivity contribution in [2.24, 2.45) is 0 Å². The van der Waals surface area contributed by atoms with Crippen LogP contribution in [0.3, 0.4) is 0 Å². The Bertz CT molecular complexity index is 951. The number of carbonyl (C=O) groups is 1. The first-order chi connectivity index (χ1) is 13.0. The third-order valence-corrected chi connectivity index (χ3v) is 4.05. The van der Waals surface area contributed by atoms with Crippen molar-refractivity contribution in [3.63, 3.8) is 0 Å². The Balaban J connectivity index is 1.79. The number of aromatic nitrogens is 3. The minimum atomic E-state index is -0.486. The Morgan fingerprint density at radius 3 is 2.52 bits per heavy atom. The standard InChI is InChI=1S/C18H18ClN5O3/c1-26-14-7-13(8-15(9-14)27-2)21-18(25)16-17(20)24(23-22-16)10-11-4-3-5-12(19)6-11/h3-9H,10,20H2,1-2H3,(H,21,25). The summed E-state index contributed by atoms with van der Waals surface area (Å²) in [6.45, 7) is 0.347. The first kappa shape index (κ1) is 18.5. The quantitative estimate of drug-likeness (QED) is 0.674. The van der Waals surface area contributed by atoms with Crippen LogP contribution >= 0.6 is 11.6 Å². The number of methoxy groups -OCH3 is 2. The molecule has 0 saturated heterocycles. The summed E-state index contributed by atoms with van der Waals surface area (Å²) in [5.41, 5.74) is 7.46. The second-order valence-electron chi connectivity index (χ2n) is 5.67. The van der Waals surface area contributed by atoms with E-state index in [1.807, 2.05) is 12.1 Å². The number of ether oxygens (including phenoxy) is 2. The lowest BCUT2D eigenvalue weighted by Crippen LogP contribution is -2.15. The highest BCUT2D eigenvalue weighted by Gasteiger charge is 2.18. The van der Waals surface area contributed by atoms with Gasteiger partial charge in [0.25, 0.3) is 5.91 Å². The Morgan fingerprint density at radius 2 is 1.89 bits per heavy atom. The second-order valence-corrected chi connectivity index (χ2v) is 6.10. The van der Waals surface area contributed by atoms with Gasteiger partial charge in [-0.25, -0.2) is 4.68 Å². The number of nitrogens with zero attached hydrogens (tertiary/aromatic N) is 3. The van der Waals surface area contributed by atoms with Crippen LogP contribution in [0.25, 0.3) is 0 Å². The van der Waals surface area contributed by atoms with Crippen LogP contribution < -0.4 is 20.5 Å². The predicted octanol–water partition coefficient (Wildman–Crippen LogP) is 2.83. The van der Waals surface area contributed by atoms with E-state index >= 15 is 0 Å². The normalized spacial score (nSPS) is 10.5. The van der Waals surface area contributed by atoms with Gasteiger partial charge in [-0.1, -0.05) is 28.9 Å². The number of carbonyl (C=O) groups excluding carboxylic acids is 1. The highest BCUT2D eigenvalue weighted by atomic mass is 35.5. The van der Waals surface area contributed by atoms with E-state index in [4.69, 9.17) is 26.8 Å². The SMILES string of the molecule is COc1cc(NC(=O)c2nnn(Cc3cccc(Cl)c3)c2N)cc(OC)c1. The fraction of sp³-hybridized carbons (Fsp3) is 0.167. The van der Waals surface area contributed by atoms with Crippen LogP contribution in [0.1, 0.15) is 16.1 Å². The summed E-state index contributed by atoms with van der Waals surface area (Å²) in [5, 5.41) is 11.2. The molecule has 0 bridgehead atoms. The first-order valence-corrected chi connectivity index (χ1v) is 8.35. The van der Waals surface area contributed by atoms with Gasteiger partial charge in [-0.05, 0) is 17.7 Å². The van der Waals surface area contributed by atoms with Crippen LogP contribution in [0.15, 0.2) is 42.5 Å². The molecule has 0 aliphatic rings. The number of nitrogens with two attached hydrogens (primary N) is 1. The van der Waals surface area contributed by atoms with Gasteiger partial charge in [-0.2, -0.15) is 0 Å². The molecule has 140 valence electrons. The maximum Gasteiger partial charge on any atom is 0.280 e. The summed E-state index contributed by atoms with van der Waals surface area (Å²) >= 11 is 5.99. The Kier molecular flexibility index (Phi) is 5.46. The molecule has 0 spiro atoms. The Labute approximate surface area is 160 Å². The highest BCUT2D eigenvalue weighted by molar-refractivity contribution is 6.30. The van der Waals surface area contributed by atoms with Gasteiger partial charge in [0.05, 0.1) is 20.8 Å². The van der Waals surface area contributed by atoms with Crippen LogP contribution in [0.4, 0.5) is 11.5 Å². The van der Waals surface area contributed by atoms with Crippen molar-refractivity contribution >= 4 is 29.0 Å². The van der Waals surface area contributed by atoms with Gasteiger partial charge in [-0.15, -0.1) is 5.10 Å². The third kappa shape index (κ3) is 4.29. The molecule has 27 heavy (non-hydrogen) atoms. The molecule has 1 aromatic heterocycles.